The Balaban J connectivity index is 2.72. The number of carboxylic acid groups (broad SMARTS) is 1. The van der Waals surface area contributed by atoms with Gasteiger partial charge in [0.05, 0.1) is 5.92 Å². The topological polar surface area (TPSA) is 54.4 Å². The van der Waals surface area contributed by atoms with Crippen LogP contribution in [0.4, 0.5) is 0 Å². The van der Waals surface area contributed by atoms with E-state index in [0.29, 0.717) is 12.8 Å². The van der Waals surface area contributed by atoms with Gasteiger partial charge in [0.25, 0.3) is 0 Å². The van der Waals surface area contributed by atoms with Gasteiger partial charge in [0.2, 0.25) is 0 Å². The summed E-state index contributed by atoms with van der Waals surface area (Å²) in [6, 6.07) is 0. The highest BCUT2D eigenvalue weighted by molar-refractivity contribution is 5.71. The summed E-state index contributed by atoms with van der Waals surface area (Å²) in [7, 11) is 0. The zero-order valence-corrected chi connectivity index (χ0v) is 8.12. The van der Waals surface area contributed by atoms with Crippen LogP contribution in [0.1, 0.15) is 33.1 Å². The molecule has 3 heteroatoms. The first-order valence-electron chi connectivity index (χ1n) is 4.65. The fourth-order valence-corrected chi connectivity index (χ4v) is 2.27. The maximum atomic E-state index is 10.9. The minimum atomic E-state index is -0.727. The van der Waals surface area contributed by atoms with Gasteiger partial charge in [0.15, 0.2) is 0 Å². The number of hydrogen-bond donors (Lipinski definition) is 1. The molecule has 0 bridgehead atoms. The van der Waals surface area contributed by atoms with Crippen LogP contribution in [0.2, 0.25) is 0 Å². The molecule has 1 fully saturated rings. The largest absolute Gasteiger partial charge is 0.481 e. The summed E-state index contributed by atoms with van der Waals surface area (Å²) in [5.41, 5.74) is -0.240. The van der Waals surface area contributed by atoms with Crippen LogP contribution in [0.25, 0.3) is 0 Å². The molecule has 1 rings (SSSR count). The lowest BCUT2D eigenvalue weighted by Gasteiger charge is -2.38. The van der Waals surface area contributed by atoms with Crippen LogP contribution in [0.5, 0.6) is 0 Å². The number of aldehydes is 1. The summed E-state index contributed by atoms with van der Waals surface area (Å²) < 4.78 is 0. The first-order valence-corrected chi connectivity index (χ1v) is 4.65. The van der Waals surface area contributed by atoms with Crippen LogP contribution in [0.3, 0.4) is 0 Å². The highest BCUT2D eigenvalue weighted by Crippen LogP contribution is 2.42. The van der Waals surface area contributed by atoms with Gasteiger partial charge >= 0.3 is 5.97 Å². The quantitative estimate of drug-likeness (QED) is 0.665. The van der Waals surface area contributed by atoms with Crippen molar-refractivity contribution >= 4 is 12.3 Å². The first kappa shape index (κ1) is 10.2. The fraction of sp³-hybridized carbons (Fsp3) is 0.800. The number of carbonyl (C=O) groups is 2. The molecule has 0 radical (unpaired) electrons. The second kappa shape index (κ2) is 3.48. The van der Waals surface area contributed by atoms with Crippen molar-refractivity contribution in [3.8, 4) is 0 Å². The van der Waals surface area contributed by atoms with Crippen molar-refractivity contribution in [3.05, 3.63) is 0 Å². The van der Waals surface area contributed by atoms with Crippen LogP contribution in [0.15, 0.2) is 0 Å². The third kappa shape index (κ3) is 2.08. The van der Waals surface area contributed by atoms with Gasteiger partial charge in [-0.3, -0.25) is 4.79 Å². The highest BCUT2D eigenvalue weighted by atomic mass is 16.4. The molecule has 3 nitrogen and oxygen atoms in total. The lowest BCUT2D eigenvalue weighted by atomic mass is 9.65. The molecule has 0 aromatic carbocycles. The molecule has 1 saturated carbocycles. The minimum absolute atomic E-state index is 0.0607. The van der Waals surface area contributed by atoms with E-state index in [9.17, 15) is 9.59 Å². The predicted molar refractivity (Wildman–Crippen MR) is 48.3 cm³/mol. The number of rotatable bonds is 2. The van der Waals surface area contributed by atoms with Gasteiger partial charge in [-0.25, -0.2) is 0 Å². The molecule has 1 N–H and O–H groups in total. The SMILES string of the molecule is CC1(C)C[C@@H](C=O)CC[C@H]1C(=O)O. The van der Waals surface area contributed by atoms with Crippen LogP contribution in [-0.4, -0.2) is 17.4 Å². The normalized spacial score (nSPS) is 32.5. The van der Waals surface area contributed by atoms with Gasteiger partial charge in [-0.05, 0) is 24.7 Å². The smallest absolute Gasteiger partial charge is 0.307 e. The Morgan fingerprint density at radius 3 is 2.46 bits per heavy atom. The molecule has 0 aliphatic heterocycles. The van der Waals surface area contributed by atoms with E-state index in [2.05, 4.69) is 0 Å². The maximum absolute atomic E-state index is 10.9. The van der Waals surface area contributed by atoms with E-state index in [4.69, 9.17) is 5.11 Å². The molecule has 0 aromatic rings. The Labute approximate surface area is 78.1 Å². The van der Waals surface area contributed by atoms with E-state index in [1.165, 1.54) is 0 Å². The number of hydrogen-bond acceptors (Lipinski definition) is 2. The molecular weight excluding hydrogens is 168 g/mol. The van der Waals surface area contributed by atoms with E-state index in [1.54, 1.807) is 0 Å². The lowest BCUT2D eigenvalue weighted by molar-refractivity contribution is -0.149. The van der Waals surface area contributed by atoms with E-state index in [1.807, 2.05) is 13.8 Å². The number of aliphatic carboxylic acids is 1. The van der Waals surface area contributed by atoms with Crippen LogP contribution in [-0.2, 0) is 9.59 Å². The lowest BCUT2D eigenvalue weighted by Crippen LogP contribution is -2.37. The molecular formula is C10H16O3. The van der Waals surface area contributed by atoms with Crippen LogP contribution in [0, 0.1) is 17.3 Å². The highest BCUT2D eigenvalue weighted by Gasteiger charge is 2.40. The van der Waals surface area contributed by atoms with Crippen molar-refractivity contribution in [2.75, 3.05) is 0 Å². The summed E-state index contributed by atoms with van der Waals surface area (Å²) in [5, 5.41) is 8.94. The minimum Gasteiger partial charge on any atom is -0.481 e. The second-order valence-electron chi connectivity index (χ2n) is 4.56. The van der Waals surface area contributed by atoms with Crippen molar-refractivity contribution < 1.29 is 14.7 Å². The number of carbonyl (C=O) groups excluding carboxylic acids is 1. The standard InChI is InChI=1S/C10H16O3/c1-10(2)5-7(6-11)3-4-8(10)9(12)13/h6-8H,3-5H2,1-2H3,(H,12,13)/t7-,8-/m0/s1. The van der Waals surface area contributed by atoms with Gasteiger partial charge in [-0.1, -0.05) is 13.8 Å². The van der Waals surface area contributed by atoms with Crippen molar-refractivity contribution in [1.82, 2.24) is 0 Å². The molecule has 1 aliphatic carbocycles. The van der Waals surface area contributed by atoms with E-state index < -0.39 is 5.97 Å². The molecule has 74 valence electrons. The third-order valence-electron chi connectivity index (χ3n) is 3.05. The maximum Gasteiger partial charge on any atom is 0.307 e. The third-order valence-corrected chi connectivity index (χ3v) is 3.05. The molecule has 0 unspecified atom stereocenters. The van der Waals surface area contributed by atoms with Crippen molar-refractivity contribution in [3.63, 3.8) is 0 Å². The molecule has 13 heavy (non-hydrogen) atoms. The number of carboxylic acids is 1. The van der Waals surface area contributed by atoms with Crippen LogP contribution < -0.4 is 0 Å². The molecule has 0 heterocycles. The molecule has 1 aliphatic rings. The average Bonchev–Trinajstić information content (AvgIpc) is 2.01. The monoisotopic (exact) mass is 184 g/mol. The molecule has 2 atom stereocenters. The summed E-state index contributed by atoms with van der Waals surface area (Å²) in [6.45, 7) is 3.86. The van der Waals surface area contributed by atoms with Gasteiger partial charge < -0.3 is 9.90 Å². The predicted octanol–water partition coefficient (Wildman–Crippen LogP) is 1.71. The Hall–Kier alpha value is -0.860. The summed E-state index contributed by atoms with van der Waals surface area (Å²) in [6.07, 6.45) is 3.02. The molecule has 0 spiro atoms. The van der Waals surface area contributed by atoms with E-state index >= 15 is 0 Å². The Morgan fingerprint density at radius 2 is 2.08 bits per heavy atom. The van der Waals surface area contributed by atoms with Crippen molar-refractivity contribution in [2.45, 2.75) is 33.1 Å². The van der Waals surface area contributed by atoms with E-state index in [0.717, 1.165) is 12.7 Å². The molecule has 0 amide bonds. The average molecular weight is 184 g/mol. The Morgan fingerprint density at radius 1 is 1.46 bits per heavy atom. The van der Waals surface area contributed by atoms with Gasteiger partial charge in [-0.2, -0.15) is 0 Å². The van der Waals surface area contributed by atoms with E-state index in [-0.39, 0.29) is 17.3 Å². The van der Waals surface area contributed by atoms with Gasteiger partial charge in [0.1, 0.15) is 6.29 Å². The van der Waals surface area contributed by atoms with Crippen LogP contribution >= 0.6 is 0 Å². The van der Waals surface area contributed by atoms with Crippen molar-refractivity contribution in [2.24, 2.45) is 17.3 Å². The fourth-order valence-electron chi connectivity index (χ4n) is 2.27. The Kier molecular flexibility index (Phi) is 2.74. The summed E-state index contributed by atoms with van der Waals surface area (Å²) >= 11 is 0. The molecule has 0 aromatic heterocycles. The zero-order valence-electron chi connectivity index (χ0n) is 8.12. The van der Waals surface area contributed by atoms with Gasteiger partial charge in [-0.15, -0.1) is 0 Å². The first-order chi connectivity index (χ1) is 5.97. The van der Waals surface area contributed by atoms with Gasteiger partial charge in [0, 0.05) is 5.92 Å². The zero-order chi connectivity index (χ0) is 10.1. The van der Waals surface area contributed by atoms with Crippen molar-refractivity contribution in [1.29, 1.82) is 0 Å². The summed E-state index contributed by atoms with van der Waals surface area (Å²) in [4.78, 5) is 21.5. The molecule has 0 saturated heterocycles. The second-order valence-corrected chi connectivity index (χ2v) is 4.56. The Bertz CT molecular complexity index is 220. The summed E-state index contributed by atoms with van der Waals surface area (Å²) in [5.74, 6) is -0.955.